The molecule has 0 aromatic heterocycles. The first-order chi connectivity index (χ1) is 4.22. The molecular weight excluding hydrogens is 108 g/mol. The van der Waals surface area contributed by atoms with E-state index < -0.39 is 0 Å². The van der Waals surface area contributed by atoms with E-state index in [-0.39, 0.29) is 0 Å². The lowest BCUT2D eigenvalue weighted by molar-refractivity contribution is 0.108. The minimum Gasteiger partial charge on any atom is -0.0996 e. The molecule has 0 heterocycles. The van der Waals surface area contributed by atoms with Crippen molar-refractivity contribution >= 4 is 0 Å². The van der Waals surface area contributed by atoms with Crippen molar-refractivity contribution in [2.75, 3.05) is 0 Å². The predicted octanol–water partition coefficient (Wildman–Crippen LogP) is 2.75. The Morgan fingerprint density at radius 1 is 1.56 bits per heavy atom. The molecule has 0 aromatic carbocycles. The molecule has 2 atom stereocenters. The highest BCUT2D eigenvalue weighted by Crippen LogP contribution is 2.58. The summed E-state index contributed by atoms with van der Waals surface area (Å²) >= 11 is 0. The summed E-state index contributed by atoms with van der Waals surface area (Å²) in [6.07, 6.45) is 5.60. The first kappa shape index (κ1) is 5.52. The topological polar surface area (TPSA) is 0 Å². The quantitative estimate of drug-likeness (QED) is 0.433. The molecule has 0 N–H and O–H groups in total. The Kier molecular flexibility index (Phi) is 0.870. The third-order valence-electron chi connectivity index (χ3n) is 3.36. The van der Waals surface area contributed by atoms with Crippen LogP contribution in [0.4, 0.5) is 0 Å². The van der Waals surface area contributed by atoms with Gasteiger partial charge >= 0.3 is 0 Å². The molecule has 2 aliphatic carbocycles. The molecule has 0 radical (unpaired) electrons. The molecule has 2 saturated carbocycles. The maximum atomic E-state index is 4.08. The SMILES string of the molecule is C=C1CCC2(C)CCC12. The molecular formula is C9H14. The Hall–Kier alpha value is -0.260. The highest BCUT2D eigenvalue weighted by molar-refractivity contribution is 5.18. The van der Waals surface area contributed by atoms with Gasteiger partial charge in [0.1, 0.15) is 0 Å². The van der Waals surface area contributed by atoms with Crippen LogP contribution in [0.15, 0.2) is 12.2 Å². The fraction of sp³-hybridized carbons (Fsp3) is 0.778. The van der Waals surface area contributed by atoms with Crippen molar-refractivity contribution in [2.45, 2.75) is 32.6 Å². The van der Waals surface area contributed by atoms with Crippen LogP contribution in [-0.2, 0) is 0 Å². The van der Waals surface area contributed by atoms with Gasteiger partial charge < -0.3 is 0 Å². The average molecular weight is 122 g/mol. The summed E-state index contributed by atoms with van der Waals surface area (Å²) in [5, 5.41) is 0. The second-order valence-corrected chi connectivity index (χ2v) is 3.90. The molecule has 0 bridgehead atoms. The van der Waals surface area contributed by atoms with Crippen LogP contribution in [0.5, 0.6) is 0 Å². The van der Waals surface area contributed by atoms with E-state index in [4.69, 9.17) is 0 Å². The van der Waals surface area contributed by atoms with Gasteiger partial charge in [0.15, 0.2) is 0 Å². The lowest BCUT2D eigenvalue weighted by Crippen LogP contribution is -2.32. The van der Waals surface area contributed by atoms with Crippen LogP contribution in [0.2, 0.25) is 0 Å². The second kappa shape index (κ2) is 1.42. The van der Waals surface area contributed by atoms with Crippen molar-refractivity contribution in [1.29, 1.82) is 0 Å². The summed E-state index contributed by atoms with van der Waals surface area (Å²) in [6.45, 7) is 6.50. The molecule has 0 heteroatoms. The molecule has 50 valence electrons. The second-order valence-electron chi connectivity index (χ2n) is 3.90. The molecule has 2 fully saturated rings. The molecule has 2 aliphatic rings. The minimum atomic E-state index is 0.705. The summed E-state index contributed by atoms with van der Waals surface area (Å²) < 4.78 is 0. The van der Waals surface area contributed by atoms with E-state index in [1.165, 1.54) is 31.3 Å². The largest absolute Gasteiger partial charge is 0.0996 e. The van der Waals surface area contributed by atoms with E-state index >= 15 is 0 Å². The number of allylic oxidation sites excluding steroid dienone is 1. The van der Waals surface area contributed by atoms with Crippen LogP contribution in [0.3, 0.4) is 0 Å². The van der Waals surface area contributed by atoms with Crippen molar-refractivity contribution in [1.82, 2.24) is 0 Å². The maximum Gasteiger partial charge on any atom is -0.0152 e. The van der Waals surface area contributed by atoms with E-state index in [2.05, 4.69) is 13.5 Å². The van der Waals surface area contributed by atoms with Crippen LogP contribution in [-0.4, -0.2) is 0 Å². The monoisotopic (exact) mass is 122 g/mol. The van der Waals surface area contributed by atoms with Gasteiger partial charge in [-0.3, -0.25) is 0 Å². The van der Waals surface area contributed by atoms with Crippen LogP contribution in [0.1, 0.15) is 32.6 Å². The van der Waals surface area contributed by atoms with Crippen LogP contribution >= 0.6 is 0 Å². The highest BCUT2D eigenvalue weighted by Gasteiger charge is 2.47. The van der Waals surface area contributed by atoms with Gasteiger partial charge in [-0.1, -0.05) is 19.1 Å². The van der Waals surface area contributed by atoms with Gasteiger partial charge in [0.05, 0.1) is 0 Å². The fourth-order valence-electron chi connectivity index (χ4n) is 2.40. The van der Waals surface area contributed by atoms with Gasteiger partial charge in [-0.15, -0.1) is 0 Å². The number of hydrogen-bond donors (Lipinski definition) is 0. The van der Waals surface area contributed by atoms with Gasteiger partial charge in [0, 0.05) is 0 Å². The molecule has 2 unspecified atom stereocenters. The third kappa shape index (κ3) is 0.540. The summed E-state index contributed by atoms with van der Waals surface area (Å²) in [5.41, 5.74) is 2.24. The minimum absolute atomic E-state index is 0.705. The normalized spacial score (nSPS) is 48.6. The Morgan fingerprint density at radius 2 is 2.33 bits per heavy atom. The lowest BCUT2D eigenvalue weighted by Gasteiger charge is -2.42. The molecule has 0 amide bonds. The van der Waals surface area contributed by atoms with E-state index in [9.17, 15) is 0 Å². The van der Waals surface area contributed by atoms with Crippen molar-refractivity contribution in [2.24, 2.45) is 11.3 Å². The molecule has 0 spiro atoms. The number of fused-ring (bicyclic) bond motifs is 1. The molecule has 0 aromatic rings. The Balaban J connectivity index is 2.24. The molecule has 0 aliphatic heterocycles. The van der Waals surface area contributed by atoms with Gasteiger partial charge in [-0.25, -0.2) is 0 Å². The summed E-state index contributed by atoms with van der Waals surface area (Å²) in [7, 11) is 0. The highest BCUT2D eigenvalue weighted by atomic mass is 14.5. The van der Waals surface area contributed by atoms with Gasteiger partial charge in [-0.2, -0.15) is 0 Å². The Labute approximate surface area is 57.0 Å². The summed E-state index contributed by atoms with van der Waals surface area (Å²) in [5.74, 6) is 0.914. The number of hydrogen-bond acceptors (Lipinski definition) is 0. The summed E-state index contributed by atoms with van der Waals surface area (Å²) in [4.78, 5) is 0. The third-order valence-corrected chi connectivity index (χ3v) is 3.36. The zero-order valence-electron chi connectivity index (χ0n) is 6.11. The van der Waals surface area contributed by atoms with Crippen LogP contribution < -0.4 is 0 Å². The maximum absolute atomic E-state index is 4.08. The fourth-order valence-corrected chi connectivity index (χ4v) is 2.40. The Morgan fingerprint density at radius 3 is 2.56 bits per heavy atom. The molecule has 0 nitrogen and oxygen atoms in total. The van der Waals surface area contributed by atoms with Crippen LogP contribution in [0, 0.1) is 11.3 Å². The molecule has 2 rings (SSSR count). The van der Waals surface area contributed by atoms with Gasteiger partial charge in [0.25, 0.3) is 0 Å². The zero-order chi connectivity index (χ0) is 6.48. The van der Waals surface area contributed by atoms with E-state index in [0.717, 1.165) is 5.92 Å². The predicted molar refractivity (Wildman–Crippen MR) is 39.2 cm³/mol. The first-order valence-electron chi connectivity index (χ1n) is 3.90. The summed E-state index contributed by atoms with van der Waals surface area (Å²) in [6, 6.07) is 0. The first-order valence-corrected chi connectivity index (χ1v) is 3.90. The van der Waals surface area contributed by atoms with Crippen molar-refractivity contribution in [3.05, 3.63) is 12.2 Å². The zero-order valence-corrected chi connectivity index (χ0v) is 6.11. The van der Waals surface area contributed by atoms with E-state index in [1.807, 2.05) is 0 Å². The number of rotatable bonds is 0. The van der Waals surface area contributed by atoms with Gasteiger partial charge in [0.2, 0.25) is 0 Å². The molecule has 0 saturated heterocycles. The average Bonchev–Trinajstić information content (AvgIpc) is 1.93. The van der Waals surface area contributed by atoms with E-state index in [1.54, 1.807) is 0 Å². The van der Waals surface area contributed by atoms with Crippen LogP contribution in [0.25, 0.3) is 0 Å². The molecule has 9 heavy (non-hydrogen) atoms. The van der Waals surface area contributed by atoms with Gasteiger partial charge in [-0.05, 0) is 37.0 Å². The smallest absolute Gasteiger partial charge is 0.0152 e. The lowest BCUT2D eigenvalue weighted by atomic mass is 9.63. The standard InChI is InChI=1S/C9H14/c1-7-3-5-9(2)6-4-8(7)9/h8H,1,3-6H2,2H3. The van der Waals surface area contributed by atoms with Crippen molar-refractivity contribution in [3.63, 3.8) is 0 Å². The van der Waals surface area contributed by atoms with Crippen molar-refractivity contribution < 1.29 is 0 Å². The Bertz CT molecular complexity index is 157. The van der Waals surface area contributed by atoms with Crippen molar-refractivity contribution in [3.8, 4) is 0 Å². The van der Waals surface area contributed by atoms with E-state index in [0.29, 0.717) is 5.41 Å².